The fourth-order valence-corrected chi connectivity index (χ4v) is 1.55. The summed E-state index contributed by atoms with van der Waals surface area (Å²) in [5.41, 5.74) is 0. The number of hydrogen-bond donors (Lipinski definition) is 1. The van der Waals surface area contributed by atoms with Crippen LogP contribution in [0.15, 0.2) is 10.7 Å². The molecule has 1 rings (SSSR count). The summed E-state index contributed by atoms with van der Waals surface area (Å²) < 4.78 is 6.39. The van der Waals surface area contributed by atoms with Gasteiger partial charge in [-0.25, -0.2) is 4.98 Å². The number of halogens is 1. The van der Waals surface area contributed by atoms with Crippen molar-refractivity contribution in [2.75, 3.05) is 39.1 Å². The lowest BCUT2D eigenvalue weighted by Crippen LogP contribution is -2.16. The van der Waals surface area contributed by atoms with E-state index < -0.39 is 0 Å². The van der Waals surface area contributed by atoms with E-state index in [1.54, 1.807) is 6.20 Å². The third-order valence-electron chi connectivity index (χ3n) is 2.04. The number of nitrogens with one attached hydrogen (secondary N) is 1. The fourth-order valence-electron chi connectivity index (χ4n) is 1.25. The molecule has 0 bridgehead atoms. The minimum Gasteiger partial charge on any atom is -0.477 e. The second kappa shape index (κ2) is 7.45. The van der Waals surface area contributed by atoms with Gasteiger partial charge >= 0.3 is 0 Å². The summed E-state index contributed by atoms with van der Waals surface area (Å²) in [5.74, 6) is 1.19. The topological polar surface area (TPSA) is 50.3 Å². The lowest BCUT2D eigenvalue weighted by molar-refractivity contribution is 0.271. The van der Waals surface area contributed by atoms with E-state index in [0.717, 1.165) is 24.0 Å². The number of hydrogen-bond acceptors (Lipinski definition) is 5. The molecule has 0 unspecified atom stereocenters. The molecule has 96 valence electrons. The number of rotatable bonds is 7. The van der Waals surface area contributed by atoms with Gasteiger partial charge in [-0.3, -0.25) is 0 Å². The van der Waals surface area contributed by atoms with Crippen LogP contribution in [0, 0.1) is 0 Å². The first-order chi connectivity index (χ1) is 8.13. The normalized spacial score (nSPS) is 10.6. The highest BCUT2D eigenvalue weighted by Gasteiger charge is 2.05. The smallest absolute Gasteiger partial charge is 0.232 e. The molecule has 5 nitrogen and oxygen atoms in total. The summed E-state index contributed by atoms with van der Waals surface area (Å²) >= 11 is 3.37. The highest BCUT2D eigenvalue weighted by Crippen LogP contribution is 2.22. The molecule has 1 heterocycles. The molecule has 0 aliphatic rings. The summed E-state index contributed by atoms with van der Waals surface area (Å²) in [5, 5.41) is 3.05. The van der Waals surface area contributed by atoms with Gasteiger partial charge in [0.1, 0.15) is 0 Å². The first kappa shape index (κ1) is 14.2. The van der Waals surface area contributed by atoms with Crippen LogP contribution in [0.2, 0.25) is 0 Å². The quantitative estimate of drug-likeness (QED) is 0.781. The Hall–Kier alpha value is -0.880. The van der Waals surface area contributed by atoms with Crippen molar-refractivity contribution in [3.8, 4) is 5.88 Å². The highest BCUT2D eigenvalue weighted by atomic mass is 79.9. The zero-order chi connectivity index (χ0) is 12.7. The minimum atomic E-state index is 0.592. The zero-order valence-electron chi connectivity index (χ0n) is 10.5. The average Bonchev–Trinajstić information content (AvgIpc) is 2.28. The van der Waals surface area contributed by atoms with Crippen LogP contribution in [-0.4, -0.2) is 48.7 Å². The number of nitrogens with zero attached hydrogens (tertiary/aromatic N) is 3. The van der Waals surface area contributed by atoms with E-state index in [2.05, 4.69) is 36.1 Å². The number of ether oxygens (including phenoxy) is 1. The third-order valence-corrected chi connectivity index (χ3v) is 2.58. The van der Waals surface area contributed by atoms with Crippen LogP contribution in [0.25, 0.3) is 0 Å². The van der Waals surface area contributed by atoms with Gasteiger partial charge in [-0.05, 0) is 43.4 Å². The van der Waals surface area contributed by atoms with E-state index in [1.807, 2.05) is 21.0 Å². The summed E-state index contributed by atoms with van der Waals surface area (Å²) in [6.07, 6.45) is 2.67. The van der Waals surface area contributed by atoms with Crippen LogP contribution in [0.5, 0.6) is 5.88 Å². The molecular weight excluding hydrogens is 284 g/mol. The van der Waals surface area contributed by atoms with Crippen LogP contribution < -0.4 is 10.1 Å². The molecule has 0 saturated carbocycles. The summed E-state index contributed by atoms with van der Waals surface area (Å²) in [6.45, 7) is 4.45. The van der Waals surface area contributed by atoms with Crippen molar-refractivity contribution in [1.82, 2.24) is 14.9 Å². The van der Waals surface area contributed by atoms with Gasteiger partial charge in [0.05, 0.1) is 17.3 Å². The highest BCUT2D eigenvalue weighted by molar-refractivity contribution is 9.10. The van der Waals surface area contributed by atoms with E-state index >= 15 is 0 Å². The van der Waals surface area contributed by atoms with Crippen LogP contribution in [0.3, 0.4) is 0 Å². The molecule has 0 amide bonds. The minimum absolute atomic E-state index is 0.592. The van der Waals surface area contributed by atoms with Crippen molar-refractivity contribution in [2.24, 2.45) is 0 Å². The molecule has 0 fully saturated rings. The van der Waals surface area contributed by atoms with Gasteiger partial charge in [-0.2, -0.15) is 4.98 Å². The average molecular weight is 303 g/mol. The Kier molecular flexibility index (Phi) is 6.21. The number of anilines is 1. The standard InChI is InChI=1S/C11H19BrN4O/c1-4-13-11-14-8-9(12)10(15-11)17-7-5-6-16(2)3/h8H,4-7H2,1-3H3,(H,13,14,15). The Morgan fingerprint density at radius 1 is 1.47 bits per heavy atom. The van der Waals surface area contributed by atoms with Crippen molar-refractivity contribution < 1.29 is 4.74 Å². The molecule has 0 saturated heterocycles. The first-order valence-corrected chi connectivity index (χ1v) is 6.46. The van der Waals surface area contributed by atoms with Gasteiger partial charge < -0.3 is 15.0 Å². The first-order valence-electron chi connectivity index (χ1n) is 5.67. The molecule has 0 spiro atoms. The second-order valence-electron chi connectivity index (χ2n) is 3.88. The lowest BCUT2D eigenvalue weighted by Gasteiger charge is -2.11. The van der Waals surface area contributed by atoms with E-state index in [4.69, 9.17) is 4.74 Å². The molecule has 17 heavy (non-hydrogen) atoms. The van der Waals surface area contributed by atoms with Gasteiger partial charge in [0.25, 0.3) is 0 Å². The third kappa shape index (κ3) is 5.32. The second-order valence-corrected chi connectivity index (χ2v) is 4.74. The van der Waals surface area contributed by atoms with Gasteiger partial charge in [-0.15, -0.1) is 0 Å². The molecule has 0 radical (unpaired) electrons. The summed E-state index contributed by atoms with van der Waals surface area (Å²) in [6, 6.07) is 0. The summed E-state index contributed by atoms with van der Waals surface area (Å²) in [4.78, 5) is 10.5. The van der Waals surface area contributed by atoms with E-state index in [1.165, 1.54) is 0 Å². The molecule has 0 aliphatic heterocycles. The van der Waals surface area contributed by atoms with Crippen LogP contribution in [0.1, 0.15) is 13.3 Å². The lowest BCUT2D eigenvalue weighted by atomic mass is 10.4. The molecular formula is C11H19BrN4O. The Morgan fingerprint density at radius 3 is 2.88 bits per heavy atom. The largest absolute Gasteiger partial charge is 0.477 e. The van der Waals surface area contributed by atoms with Crippen molar-refractivity contribution in [3.05, 3.63) is 10.7 Å². The fraction of sp³-hybridized carbons (Fsp3) is 0.636. The Labute approximate surface area is 111 Å². The van der Waals surface area contributed by atoms with E-state index in [0.29, 0.717) is 18.4 Å². The summed E-state index contributed by atoms with van der Waals surface area (Å²) in [7, 11) is 4.09. The maximum atomic E-state index is 5.61. The van der Waals surface area contributed by atoms with Crippen molar-refractivity contribution in [3.63, 3.8) is 0 Å². The molecule has 1 aromatic heterocycles. The van der Waals surface area contributed by atoms with Gasteiger partial charge in [-0.1, -0.05) is 0 Å². The van der Waals surface area contributed by atoms with Crippen LogP contribution >= 0.6 is 15.9 Å². The molecule has 1 aromatic rings. The zero-order valence-corrected chi connectivity index (χ0v) is 12.1. The Bertz CT molecular complexity index is 346. The van der Waals surface area contributed by atoms with Crippen molar-refractivity contribution in [1.29, 1.82) is 0 Å². The Balaban J connectivity index is 2.48. The maximum Gasteiger partial charge on any atom is 0.232 e. The SMILES string of the molecule is CCNc1ncc(Br)c(OCCCN(C)C)n1. The van der Waals surface area contributed by atoms with Crippen LogP contribution in [-0.2, 0) is 0 Å². The van der Waals surface area contributed by atoms with Gasteiger partial charge in [0.15, 0.2) is 0 Å². The van der Waals surface area contributed by atoms with Crippen molar-refractivity contribution in [2.45, 2.75) is 13.3 Å². The van der Waals surface area contributed by atoms with Gasteiger partial charge in [0.2, 0.25) is 11.8 Å². The number of aromatic nitrogens is 2. The van der Waals surface area contributed by atoms with E-state index in [9.17, 15) is 0 Å². The van der Waals surface area contributed by atoms with Gasteiger partial charge in [0, 0.05) is 13.1 Å². The Morgan fingerprint density at radius 2 is 2.24 bits per heavy atom. The molecule has 0 aromatic carbocycles. The molecule has 6 heteroatoms. The molecule has 0 atom stereocenters. The molecule has 0 aliphatic carbocycles. The predicted octanol–water partition coefficient (Wildman–Crippen LogP) is 2.00. The molecule has 1 N–H and O–H groups in total. The monoisotopic (exact) mass is 302 g/mol. The predicted molar refractivity (Wildman–Crippen MR) is 72.6 cm³/mol. The van der Waals surface area contributed by atoms with Crippen molar-refractivity contribution >= 4 is 21.9 Å². The van der Waals surface area contributed by atoms with Crippen LogP contribution in [0.4, 0.5) is 5.95 Å². The van der Waals surface area contributed by atoms with E-state index in [-0.39, 0.29) is 0 Å². The maximum absolute atomic E-state index is 5.61.